The molecule has 0 heterocycles. The molecule has 0 aliphatic carbocycles. The van der Waals surface area contributed by atoms with E-state index in [1.165, 1.54) is 0 Å². The Kier molecular flexibility index (Phi) is 11.7. The smallest absolute Gasteiger partial charge is 0.0645 e. The highest BCUT2D eigenvalue weighted by Gasteiger charge is 2.29. The van der Waals surface area contributed by atoms with Crippen LogP contribution in [0.5, 0.6) is 0 Å². The first kappa shape index (κ1) is 19.3. The molecule has 4 nitrogen and oxygen atoms in total. The lowest BCUT2D eigenvalue weighted by molar-refractivity contribution is -0.0645. The molecule has 0 aromatic rings. The standard InChI is InChI=1S/C16H31NO3/c1-6-10-18-13-16(8-3,14-19-11-7-2)15-20-12-9-17(4)5/h6-7H,1-2,8-15H2,3-5H3. The van der Waals surface area contributed by atoms with Crippen LogP contribution in [0.1, 0.15) is 13.3 Å². The normalized spacial score (nSPS) is 11.8. The van der Waals surface area contributed by atoms with Crippen LogP contribution in [-0.2, 0) is 14.2 Å². The molecule has 0 aliphatic heterocycles. The molecule has 0 aliphatic rings. The van der Waals surface area contributed by atoms with Gasteiger partial charge in [0.2, 0.25) is 0 Å². The third-order valence-corrected chi connectivity index (χ3v) is 3.13. The summed E-state index contributed by atoms with van der Waals surface area (Å²) in [7, 11) is 4.08. The van der Waals surface area contributed by atoms with Crippen molar-refractivity contribution in [3.05, 3.63) is 25.3 Å². The number of likely N-dealkylation sites (N-methyl/N-ethyl adjacent to an activating group) is 1. The van der Waals surface area contributed by atoms with Gasteiger partial charge in [-0.3, -0.25) is 0 Å². The number of ether oxygens (including phenoxy) is 3. The van der Waals surface area contributed by atoms with Crippen LogP contribution in [0, 0.1) is 5.41 Å². The zero-order valence-corrected chi connectivity index (χ0v) is 13.4. The number of rotatable bonds is 14. The average molecular weight is 285 g/mol. The second-order valence-corrected chi connectivity index (χ2v) is 5.32. The monoisotopic (exact) mass is 285 g/mol. The molecule has 0 atom stereocenters. The van der Waals surface area contributed by atoms with Crippen LogP contribution in [-0.4, -0.2) is 65.2 Å². The Hall–Kier alpha value is -0.680. The van der Waals surface area contributed by atoms with E-state index in [1.54, 1.807) is 12.2 Å². The highest BCUT2D eigenvalue weighted by molar-refractivity contribution is 4.79. The molecule has 0 unspecified atom stereocenters. The van der Waals surface area contributed by atoms with Crippen molar-refractivity contribution in [3.8, 4) is 0 Å². The Balaban J connectivity index is 4.30. The summed E-state index contributed by atoms with van der Waals surface area (Å²) in [6.07, 6.45) is 4.47. The summed E-state index contributed by atoms with van der Waals surface area (Å²) in [6, 6.07) is 0. The molecule has 0 fully saturated rings. The summed E-state index contributed by atoms with van der Waals surface area (Å²) in [6.45, 7) is 14.1. The summed E-state index contributed by atoms with van der Waals surface area (Å²) >= 11 is 0. The summed E-state index contributed by atoms with van der Waals surface area (Å²) in [5.74, 6) is 0. The summed E-state index contributed by atoms with van der Waals surface area (Å²) in [5.41, 5.74) is -0.0989. The molecule has 0 spiro atoms. The Morgan fingerprint density at radius 3 is 1.85 bits per heavy atom. The molecule has 20 heavy (non-hydrogen) atoms. The predicted octanol–water partition coefficient (Wildman–Crippen LogP) is 2.37. The van der Waals surface area contributed by atoms with E-state index in [0.717, 1.165) is 19.6 Å². The molecule has 0 radical (unpaired) electrons. The molecule has 0 rings (SSSR count). The highest BCUT2D eigenvalue weighted by atomic mass is 16.5. The zero-order chi connectivity index (χ0) is 15.3. The Morgan fingerprint density at radius 2 is 1.45 bits per heavy atom. The van der Waals surface area contributed by atoms with Crippen molar-refractivity contribution in [2.75, 3.05) is 60.3 Å². The maximum absolute atomic E-state index is 5.81. The fraction of sp³-hybridized carbons (Fsp3) is 0.750. The molecular weight excluding hydrogens is 254 g/mol. The van der Waals surface area contributed by atoms with Crippen LogP contribution in [0.25, 0.3) is 0 Å². The van der Waals surface area contributed by atoms with Crippen molar-refractivity contribution in [1.29, 1.82) is 0 Å². The number of hydrogen-bond donors (Lipinski definition) is 0. The second kappa shape index (κ2) is 12.1. The molecular formula is C16H31NO3. The zero-order valence-electron chi connectivity index (χ0n) is 13.4. The maximum atomic E-state index is 5.81. The van der Waals surface area contributed by atoms with Crippen LogP contribution >= 0.6 is 0 Å². The maximum Gasteiger partial charge on any atom is 0.0645 e. The van der Waals surface area contributed by atoms with Gasteiger partial charge in [0, 0.05) is 12.0 Å². The molecule has 0 N–H and O–H groups in total. The van der Waals surface area contributed by atoms with Crippen LogP contribution in [0.3, 0.4) is 0 Å². The predicted molar refractivity (Wildman–Crippen MR) is 84.1 cm³/mol. The van der Waals surface area contributed by atoms with Crippen LogP contribution in [0.4, 0.5) is 0 Å². The Morgan fingerprint density at radius 1 is 0.950 bits per heavy atom. The van der Waals surface area contributed by atoms with E-state index in [-0.39, 0.29) is 5.41 Å². The minimum atomic E-state index is -0.0989. The highest BCUT2D eigenvalue weighted by Crippen LogP contribution is 2.24. The van der Waals surface area contributed by atoms with E-state index >= 15 is 0 Å². The van der Waals surface area contributed by atoms with Crippen molar-refractivity contribution in [1.82, 2.24) is 4.90 Å². The van der Waals surface area contributed by atoms with Crippen LogP contribution < -0.4 is 0 Å². The fourth-order valence-electron chi connectivity index (χ4n) is 1.68. The molecule has 0 bridgehead atoms. The van der Waals surface area contributed by atoms with Gasteiger partial charge in [0.15, 0.2) is 0 Å². The average Bonchev–Trinajstić information content (AvgIpc) is 2.43. The van der Waals surface area contributed by atoms with Crippen molar-refractivity contribution in [2.45, 2.75) is 13.3 Å². The largest absolute Gasteiger partial charge is 0.379 e. The van der Waals surface area contributed by atoms with E-state index in [2.05, 4.69) is 25.0 Å². The molecule has 0 aromatic carbocycles. The van der Waals surface area contributed by atoms with E-state index in [1.807, 2.05) is 14.1 Å². The summed E-state index contributed by atoms with van der Waals surface area (Å²) in [4.78, 5) is 2.11. The number of nitrogens with zero attached hydrogens (tertiary/aromatic N) is 1. The van der Waals surface area contributed by atoms with E-state index < -0.39 is 0 Å². The first-order valence-corrected chi connectivity index (χ1v) is 7.20. The third-order valence-electron chi connectivity index (χ3n) is 3.13. The molecule has 118 valence electrons. The third kappa shape index (κ3) is 9.26. The molecule has 4 heteroatoms. The molecule has 0 saturated carbocycles. The lowest BCUT2D eigenvalue weighted by Gasteiger charge is -2.32. The quantitative estimate of drug-likeness (QED) is 0.362. The van der Waals surface area contributed by atoms with Gasteiger partial charge in [-0.15, -0.1) is 13.2 Å². The first-order chi connectivity index (χ1) is 9.60. The van der Waals surface area contributed by atoms with Crippen molar-refractivity contribution >= 4 is 0 Å². The van der Waals surface area contributed by atoms with Crippen LogP contribution in [0.2, 0.25) is 0 Å². The van der Waals surface area contributed by atoms with Gasteiger partial charge in [-0.2, -0.15) is 0 Å². The van der Waals surface area contributed by atoms with Gasteiger partial charge >= 0.3 is 0 Å². The van der Waals surface area contributed by atoms with Gasteiger partial charge in [0.1, 0.15) is 0 Å². The Labute approximate surface area is 124 Å². The molecule has 0 saturated heterocycles. The fourth-order valence-corrected chi connectivity index (χ4v) is 1.68. The van der Waals surface area contributed by atoms with Crippen molar-refractivity contribution < 1.29 is 14.2 Å². The summed E-state index contributed by atoms with van der Waals surface area (Å²) in [5, 5.41) is 0. The van der Waals surface area contributed by atoms with Gasteiger partial charge in [0.25, 0.3) is 0 Å². The Bertz CT molecular complexity index is 240. The number of hydrogen-bond acceptors (Lipinski definition) is 4. The van der Waals surface area contributed by atoms with E-state index in [0.29, 0.717) is 33.0 Å². The minimum Gasteiger partial charge on any atom is -0.379 e. The van der Waals surface area contributed by atoms with Gasteiger partial charge in [-0.1, -0.05) is 19.1 Å². The second-order valence-electron chi connectivity index (χ2n) is 5.32. The van der Waals surface area contributed by atoms with Crippen molar-refractivity contribution in [2.24, 2.45) is 5.41 Å². The lowest BCUT2D eigenvalue weighted by Crippen LogP contribution is -2.37. The minimum absolute atomic E-state index is 0.0989. The van der Waals surface area contributed by atoms with E-state index in [4.69, 9.17) is 14.2 Å². The van der Waals surface area contributed by atoms with E-state index in [9.17, 15) is 0 Å². The SMILES string of the molecule is C=CCOCC(CC)(COCC=C)COCCN(C)C. The first-order valence-electron chi connectivity index (χ1n) is 7.20. The van der Waals surface area contributed by atoms with Gasteiger partial charge in [0.05, 0.1) is 39.6 Å². The van der Waals surface area contributed by atoms with Crippen molar-refractivity contribution in [3.63, 3.8) is 0 Å². The van der Waals surface area contributed by atoms with Gasteiger partial charge in [-0.25, -0.2) is 0 Å². The topological polar surface area (TPSA) is 30.9 Å². The molecule has 0 aromatic heterocycles. The lowest BCUT2D eigenvalue weighted by atomic mass is 9.88. The van der Waals surface area contributed by atoms with Gasteiger partial charge < -0.3 is 19.1 Å². The van der Waals surface area contributed by atoms with Crippen LogP contribution in [0.15, 0.2) is 25.3 Å². The molecule has 0 amide bonds. The van der Waals surface area contributed by atoms with Gasteiger partial charge in [-0.05, 0) is 20.5 Å². The summed E-state index contributed by atoms with van der Waals surface area (Å²) < 4.78 is 17.1.